The Bertz CT molecular complexity index is 368. The highest BCUT2D eigenvalue weighted by Gasteiger charge is 2.29. The van der Waals surface area contributed by atoms with E-state index in [1.54, 1.807) is 0 Å². The van der Waals surface area contributed by atoms with Gasteiger partial charge in [0.1, 0.15) is 0 Å². The molecule has 0 aliphatic heterocycles. The van der Waals surface area contributed by atoms with Crippen molar-refractivity contribution in [3.05, 3.63) is 11.9 Å². The Labute approximate surface area is 115 Å². The minimum Gasteiger partial charge on any atom is -0.271 e. The van der Waals surface area contributed by atoms with Crippen molar-refractivity contribution in [3.8, 4) is 0 Å². The molecule has 5 nitrogen and oxygen atoms in total. The zero-order chi connectivity index (χ0) is 13.7. The fourth-order valence-electron chi connectivity index (χ4n) is 3.35. The number of unbranched alkanes of at least 4 members (excludes halogenated alkanes) is 1. The Morgan fingerprint density at radius 1 is 1.42 bits per heavy atom. The van der Waals surface area contributed by atoms with Crippen LogP contribution in [0.3, 0.4) is 0 Å². The van der Waals surface area contributed by atoms with Gasteiger partial charge < -0.3 is 0 Å². The first kappa shape index (κ1) is 14.5. The number of nitrogens with one attached hydrogen (secondary N) is 1. The highest BCUT2D eigenvalue weighted by molar-refractivity contribution is 5.04. The van der Waals surface area contributed by atoms with Crippen molar-refractivity contribution < 1.29 is 0 Å². The van der Waals surface area contributed by atoms with Gasteiger partial charge in [0.2, 0.25) is 0 Å². The van der Waals surface area contributed by atoms with E-state index in [4.69, 9.17) is 5.84 Å². The predicted molar refractivity (Wildman–Crippen MR) is 76.0 cm³/mol. The molecule has 0 spiro atoms. The van der Waals surface area contributed by atoms with E-state index in [9.17, 15) is 0 Å². The molecule has 2 rings (SSSR count). The molecular weight excluding hydrogens is 238 g/mol. The number of aromatic nitrogens is 3. The van der Waals surface area contributed by atoms with Crippen LogP contribution < -0.4 is 11.3 Å². The molecule has 3 N–H and O–H groups in total. The third-order valence-electron chi connectivity index (χ3n) is 4.58. The molecule has 1 fully saturated rings. The van der Waals surface area contributed by atoms with Crippen molar-refractivity contribution in [1.29, 1.82) is 0 Å². The summed E-state index contributed by atoms with van der Waals surface area (Å²) in [7, 11) is 1.93. The Hall–Kier alpha value is -0.940. The monoisotopic (exact) mass is 265 g/mol. The lowest BCUT2D eigenvalue weighted by atomic mass is 9.76. The second-order valence-electron chi connectivity index (χ2n) is 5.85. The second kappa shape index (κ2) is 7.01. The minimum atomic E-state index is 0.187. The van der Waals surface area contributed by atoms with Crippen molar-refractivity contribution in [2.75, 3.05) is 0 Å². The van der Waals surface area contributed by atoms with Gasteiger partial charge in [0.05, 0.1) is 17.9 Å². The number of hydrogen-bond acceptors (Lipinski definition) is 4. The number of hydrazine groups is 1. The number of aryl methyl sites for hydroxylation is 1. The first-order chi connectivity index (χ1) is 9.26. The maximum atomic E-state index is 5.76. The highest BCUT2D eigenvalue weighted by Crippen LogP contribution is 2.37. The molecule has 0 saturated heterocycles. The smallest absolute Gasteiger partial charge is 0.0769 e. The molecule has 1 atom stereocenters. The molecule has 108 valence electrons. The summed E-state index contributed by atoms with van der Waals surface area (Å²) in [4.78, 5) is 0. The van der Waals surface area contributed by atoms with E-state index in [0.29, 0.717) is 5.92 Å². The van der Waals surface area contributed by atoms with Gasteiger partial charge >= 0.3 is 0 Å². The van der Waals surface area contributed by atoms with Gasteiger partial charge in [-0.2, -0.15) is 0 Å². The van der Waals surface area contributed by atoms with Crippen LogP contribution in [0.2, 0.25) is 0 Å². The number of hydrogen-bond donors (Lipinski definition) is 2. The molecule has 1 aliphatic carbocycles. The van der Waals surface area contributed by atoms with E-state index in [1.807, 2.05) is 17.9 Å². The predicted octanol–water partition coefficient (Wildman–Crippen LogP) is 2.32. The van der Waals surface area contributed by atoms with Gasteiger partial charge in [-0.05, 0) is 24.7 Å². The van der Waals surface area contributed by atoms with Crippen LogP contribution in [0, 0.1) is 11.8 Å². The minimum absolute atomic E-state index is 0.187. The summed E-state index contributed by atoms with van der Waals surface area (Å²) in [5, 5.41) is 7.97. The molecule has 1 saturated carbocycles. The van der Waals surface area contributed by atoms with E-state index in [0.717, 1.165) is 11.6 Å². The fourth-order valence-corrected chi connectivity index (χ4v) is 3.35. The van der Waals surface area contributed by atoms with Crippen LogP contribution in [-0.4, -0.2) is 15.0 Å². The molecule has 0 bridgehead atoms. The van der Waals surface area contributed by atoms with Gasteiger partial charge in [0, 0.05) is 7.05 Å². The summed E-state index contributed by atoms with van der Waals surface area (Å²) in [5.41, 5.74) is 4.07. The second-order valence-corrected chi connectivity index (χ2v) is 5.85. The number of nitrogens with two attached hydrogens (primary N) is 1. The average Bonchev–Trinajstić information content (AvgIpc) is 2.85. The molecule has 0 radical (unpaired) electrons. The summed E-state index contributed by atoms with van der Waals surface area (Å²) in [6.45, 7) is 2.27. The van der Waals surface area contributed by atoms with E-state index in [-0.39, 0.29) is 6.04 Å². The van der Waals surface area contributed by atoms with Crippen LogP contribution in [0.1, 0.15) is 63.6 Å². The van der Waals surface area contributed by atoms with Crippen LogP contribution in [0.15, 0.2) is 6.20 Å². The van der Waals surface area contributed by atoms with E-state index in [1.165, 1.54) is 44.9 Å². The van der Waals surface area contributed by atoms with Crippen molar-refractivity contribution in [2.24, 2.45) is 24.7 Å². The Balaban J connectivity index is 1.90. The maximum absolute atomic E-state index is 5.76. The molecule has 1 aromatic heterocycles. The van der Waals surface area contributed by atoms with Gasteiger partial charge in [-0.15, -0.1) is 5.10 Å². The molecular formula is C14H27N5. The molecule has 0 amide bonds. The molecule has 1 unspecified atom stereocenters. The SMILES string of the molecule is CCCCC1CCC(C(NN)c2cnnn2C)CC1. The van der Waals surface area contributed by atoms with Crippen LogP contribution in [-0.2, 0) is 7.05 Å². The number of nitrogens with zero attached hydrogens (tertiary/aromatic N) is 3. The molecule has 1 heterocycles. The largest absolute Gasteiger partial charge is 0.271 e. The van der Waals surface area contributed by atoms with Gasteiger partial charge in [-0.3, -0.25) is 16.0 Å². The van der Waals surface area contributed by atoms with Crippen LogP contribution in [0.25, 0.3) is 0 Å². The summed E-state index contributed by atoms with van der Waals surface area (Å²) >= 11 is 0. The third-order valence-corrected chi connectivity index (χ3v) is 4.58. The third kappa shape index (κ3) is 3.54. The summed E-state index contributed by atoms with van der Waals surface area (Å²) in [5.74, 6) is 7.30. The van der Waals surface area contributed by atoms with Crippen LogP contribution in [0.4, 0.5) is 0 Å². The summed E-state index contributed by atoms with van der Waals surface area (Å²) < 4.78 is 1.83. The van der Waals surface area contributed by atoms with Crippen LogP contribution >= 0.6 is 0 Å². The van der Waals surface area contributed by atoms with Gasteiger partial charge in [-0.1, -0.05) is 44.2 Å². The molecule has 19 heavy (non-hydrogen) atoms. The van der Waals surface area contributed by atoms with E-state index < -0.39 is 0 Å². The molecule has 0 aromatic carbocycles. The Morgan fingerprint density at radius 3 is 2.68 bits per heavy atom. The lowest BCUT2D eigenvalue weighted by Crippen LogP contribution is -2.36. The van der Waals surface area contributed by atoms with Crippen molar-refractivity contribution >= 4 is 0 Å². The van der Waals surface area contributed by atoms with E-state index >= 15 is 0 Å². The maximum Gasteiger partial charge on any atom is 0.0769 e. The quantitative estimate of drug-likeness (QED) is 0.612. The van der Waals surface area contributed by atoms with E-state index in [2.05, 4.69) is 22.7 Å². The number of rotatable bonds is 6. The normalized spacial score (nSPS) is 25.4. The highest BCUT2D eigenvalue weighted by atomic mass is 15.4. The first-order valence-corrected chi connectivity index (χ1v) is 7.57. The van der Waals surface area contributed by atoms with Crippen molar-refractivity contribution in [1.82, 2.24) is 20.4 Å². The molecule has 1 aliphatic rings. The fraction of sp³-hybridized carbons (Fsp3) is 0.857. The lowest BCUT2D eigenvalue weighted by Gasteiger charge is -2.33. The van der Waals surface area contributed by atoms with Gasteiger partial charge in [0.15, 0.2) is 0 Å². The first-order valence-electron chi connectivity index (χ1n) is 7.57. The Kier molecular flexibility index (Phi) is 5.34. The molecule has 1 aromatic rings. The summed E-state index contributed by atoms with van der Waals surface area (Å²) in [6, 6.07) is 0.187. The molecule has 5 heteroatoms. The zero-order valence-corrected chi connectivity index (χ0v) is 12.2. The standard InChI is InChI=1S/C14H27N5/c1-3-4-5-11-6-8-12(9-7-11)14(17-15)13-10-16-18-19(13)2/h10-12,14,17H,3-9,15H2,1-2H3. The Morgan fingerprint density at radius 2 is 2.16 bits per heavy atom. The van der Waals surface area contributed by atoms with Gasteiger partial charge in [-0.25, -0.2) is 0 Å². The zero-order valence-electron chi connectivity index (χ0n) is 12.2. The lowest BCUT2D eigenvalue weighted by molar-refractivity contribution is 0.209. The average molecular weight is 265 g/mol. The van der Waals surface area contributed by atoms with Crippen LogP contribution in [0.5, 0.6) is 0 Å². The summed E-state index contributed by atoms with van der Waals surface area (Å²) in [6.07, 6.45) is 11.1. The van der Waals surface area contributed by atoms with Gasteiger partial charge in [0.25, 0.3) is 0 Å². The van der Waals surface area contributed by atoms with Crippen molar-refractivity contribution in [3.63, 3.8) is 0 Å². The van der Waals surface area contributed by atoms with Crippen molar-refractivity contribution in [2.45, 2.75) is 57.9 Å². The topological polar surface area (TPSA) is 68.8 Å².